The summed E-state index contributed by atoms with van der Waals surface area (Å²) in [5.41, 5.74) is 5.38. The van der Waals surface area contributed by atoms with E-state index in [-0.39, 0.29) is 16.7 Å². The molecule has 3 aromatic heterocycles. The fraction of sp³-hybridized carbons (Fsp3) is 0.267. The highest BCUT2D eigenvalue weighted by atomic mass is 32.2. The largest absolute Gasteiger partial charge is 0.460 e. The molecular weight excluding hydrogens is 419 g/mol. The second-order valence-corrected chi connectivity index (χ2v) is 8.90. The molecule has 150 valence electrons. The van der Waals surface area contributed by atoms with E-state index in [0.717, 1.165) is 18.0 Å². The highest BCUT2D eigenvalue weighted by Crippen LogP contribution is 2.37. The van der Waals surface area contributed by atoms with E-state index in [1.54, 1.807) is 13.0 Å². The molecule has 8 nitrogen and oxygen atoms in total. The second-order valence-electron chi connectivity index (χ2n) is 5.85. The number of hydrogen-bond acceptors (Lipinski definition) is 8. The molecule has 0 saturated heterocycles. The van der Waals surface area contributed by atoms with Crippen LogP contribution in [0.1, 0.15) is 23.6 Å². The minimum Gasteiger partial charge on any atom is -0.460 e. The molecule has 0 spiro atoms. The number of nitrogens with zero attached hydrogens (tertiary/aromatic N) is 3. The van der Waals surface area contributed by atoms with Gasteiger partial charge in [0.15, 0.2) is 16.4 Å². The number of anilines is 2. The molecule has 3 heterocycles. The number of furan rings is 1. The van der Waals surface area contributed by atoms with Gasteiger partial charge in [0, 0.05) is 11.5 Å². The summed E-state index contributed by atoms with van der Waals surface area (Å²) in [6, 6.07) is 2.24. The Hall–Kier alpha value is -2.54. The Labute approximate surface area is 161 Å². The Morgan fingerprint density at radius 2 is 2.00 bits per heavy atom. The fourth-order valence-electron chi connectivity index (χ4n) is 2.31. The van der Waals surface area contributed by atoms with Gasteiger partial charge in [0.25, 0.3) is 0 Å². The Morgan fingerprint density at radius 3 is 2.64 bits per heavy atom. The summed E-state index contributed by atoms with van der Waals surface area (Å²) >= 11 is 0.937. The molecule has 0 radical (unpaired) electrons. The van der Waals surface area contributed by atoms with Crippen molar-refractivity contribution in [2.75, 3.05) is 16.7 Å². The maximum atomic E-state index is 12.9. The number of rotatable bonds is 5. The quantitative estimate of drug-likeness (QED) is 0.463. The summed E-state index contributed by atoms with van der Waals surface area (Å²) in [6.45, 7) is 1.70. The molecule has 3 rings (SSSR count). The molecule has 0 saturated carbocycles. The summed E-state index contributed by atoms with van der Waals surface area (Å²) < 4.78 is 69.2. The van der Waals surface area contributed by atoms with Gasteiger partial charge in [0.2, 0.25) is 10.0 Å². The number of nitrogens with two attached hydrogens (primary N) is 1. The van der Waals surface area contributed by atoms with Crippen LogP contribution in [0.5, 0.6) is 0 Å². The predicted molar refractivity (Wildman–Crippen MR) is 98.2 cm³/mol. The number of fused-ring (bicyclic) bond motifs is 1. The molecule has 0 bridgehead atoms. The third-order valence-electron chi connectivity index (χ3n) is 3.49. The smallest absolute Gasteiger partial charge is 0.433 e. The SMILES string of the molecule is CC(Sc1nc(N)cc(C(F)(F)F)n1)c1cc2c(NS(C)(=O)=O)coc2cn1. The van der Waals surface area contributed by atoms with Crippen molar-refractivity contribution in [2.24, 2.45) is 0 Å². The lowest BCUT2D eigenvalue weighted by atomic mass is 10.2. The monoisotopic (exact) mass is 433 g/mol. The van der Waals surface area contributed by atoms with E-state index in [1.807, 2.05) is 0 Å². The summed E-state index contributed by atoms with van der Waals surface area (Å²) in [7, 11) is -3.52. The van der Waals surface area contributed by atoms with Crippen LogP contribution >= 0.6 is 11.8 Å². The van der Waals surface area contributed by atoms with Gasteiger partial charge in [-0.15, -0.1) is 0 Å². The van der Waals surface area contributed by atoms with Crippen molar-refractivity contribution < 1.29 is 26.0 Å². The van der Waals surface area contributed by atoms with Crippen molar-refractivity contribution in [2.45, 2.75) is 23.5 Å². The number of halogens is 3. The Kier molecular flexibility index (Phi) is 5.14. The summed E-state index contributed by atoms with van der Waals surface area (Å²) in [4.78, 5) is 11.5. The van der Waals surface area contributed by atoms with Gasteiger partial charge in [0.1, 0.15) is 12.1 Å². The first-order valence-electron chi connectivity index (χ1n) is 7.66. The van der Waals surface area contributed by atoms with E-state index in [1.165, 1.54) is 12.5 Å². The van der Waals surface area contributed by atoms with Gasteiger partial charge in [-0.2, -0.15) is 13.2 Å². The molecule has 1 atom stereocenters. The topological polar surface area (TPSA) is 124 Å². The Balaban J connectivity index is 1.91. The van der Waals surface area contributed by atoms with Crippen LogP contribution in [0.3, 0.4) is 0 Å². The number of aromatic nitrogens is 3. The number of alkyl halides is 3. The normalized spacial score (nSPS) is 13.6. The first-order chi connectivity index (χ1) is 12.9. The molecule has 0 aliphatic rings. The average molecular weight is 433 g/mol. The van der Waals surface area contributed by atoms with Crippen LogP contribution in [-0.2, 0) is 16.2 Å². The highest BCUT2D eigenvalue weighted by molar-refractivity contribution is 7.99. The number of thioether (sulfide) groups is 1. The molecule has 0 aliphatic heterocycles. The lowest BCUT2D eigenvalue weighted by molar-refractivity contribution is -0.141. The highest BCUT2D eigenvalue weighted by Gasteiger charge is 2.33. The average Bonchev–Trinajstić information content (AvgIpc) is 2.94. The summed E-state index contributed by atoms with van der Waals surface area (Å²) in [5, 5.41) is -0.135. The molecule has 0 amide bonds. The molecule has 0 aliphatic carbocycles. The zero-order chi connectivity index (χ0) is 20.7. The molecule has 0 fully saturated rings. The predicted octanol–water partition coefficient (Wildman–Crippen LogP) is 3.44. The third kappa shape index (κ3) is 4.65. The zero-order valence-corrected chi connectivity index (χ0v) is 16.1. The number of sulfonamides is 1. The van der Waals surface area contributed by atoms with Crippen molar-refractivity contribution in [1.29, 1.82) is 0 Å². The van der Waals surface area contributed by atoms with Gasteiger partial charge >= 0.3 is 6.18 Å². The Morgan fingerprint density at radius 1 is 1.29 bits per heavy atom. The van der Waals surface area contributed by atoms with Crippen LogP contribution < -0.4 is 10.5 Å². The number of pyridine rings is 1. The number of hydrogen-bond donors (Lipinski definition) is 2. The molecule has 3 aromatic rings. The van der Waals surface area contributed by atoms with Crippen molar-refractivity contribution in [3.8, 4) is 0 Å². The van der Waals surface area contributed by atoms with Crippen molar-refractivity contribution in [3.63, 3.8) is 0 Å². The molecule has 13 heteroatoms. The molecule has 28 heavy (non-hydrogen) atoms. The minimum atomic E-state index is -4.64. The van der Waals surface area contributed by atoms with Gasteiger partial charge in [-0.3, -0.25) is 9.71 Å². The van der Waals surface area contributed by atoms with E-state index < -0.39 is 27.1 Å². The van der Waals surface area contributed by atoms with Crippen LogP contribution in [-0.4, -0.2) is 29.6 Å². The number of nitrogens with one attached hydrogen (secondary N) is 1. The maximum Gasteiger partial charge on any atom is 0.433 e. The van der Waals surface area contributed by atoms with Crippen LogP contribution in [0.4, 0.5) is 24.7 Å². The van der Waals surface area contributed by atoms with Gasteiger partial charge in [-0.1, -0.05) is 11.8 Å². The van der Waals surface area contributed by atoms with E-state index in [2.05, 4.69) is 19.7 Å². The molecular formula is C15H14F3N5O3S2. The zero-order valence-electron chi connectivity index (χ0n) is 14.5. The summed E-state index contributed by atoms with van der Waals surface area (Å²) in [5.74, 6) is -0.296. The van der Waals surface area contributed by atoms with Crippen molar-refractivity contribution in [1.82, 2.24) is 15.0 Å². The Bertz CT molecular complexity index is 1130. The van der Waals surface area contributed by atoms with Crippen molar-refractivity contribution >= 4 is 44.3 Å². The van der Waals surface area contributed by atoms with Gasteiger partial charge < -0.3 is 10.2 Å². The van der Waals surface area contributed by atoms with Crippen molar-refractivity contribution in [3.05, 3.63) is 36.0 Å². The maximum absolute atomic E-state index is 12.9. The van der Waals surface area contributed by atoms with Gasteiger partial charge in [-0.05, 0) is 13.0 Å². The van der Waals surface area contributed by atoms with Gasteiger partial charge in [-0.25, -0.2) is 18.4 Å². The molecule has 1 unspecified atom stereocenters. The standard InChI is InChI=1S/C15H14F3N5O3S2/c1-7(27-14-21-12(15(16,17)18)4-13(19)22-14)9-3-8-10(23-28(2,24)25)6-26-11(8)5-20-9/h3-7,23H,1-2H3,(H2,19,21,22). The first-order valence-corrected chi connectivity index (χ1v) is 10.4. The lowest BCUT2D eigenvalue weighted by Crippen LogP contribution is -2.11. The second kappa shape index (κ2) is 7.13. The van der Waals surface area contributed by atoms with E-state index in [9.17, 15) is 21.6 Å². The van der Waals surface area contributed by atoms with E-state index >= 15 is 0 Å². The number of nitrogen functional groups attached to an aromatic ring is 1. The van der Waals surface area contributed by atoms with Crippen LogP contribution in [0.15, 0.2) is 34.2 Å². The van der Waals surface area contributed by atoms with Crippen LogP contribution in [0.25, 0.3) is 11.0 Å². The molecule has 3 N–H and O–H groups in total. The van der Waals surface area contributed by atoms with Crippen LogP contribution in [0.2, 0.25) is 0 Å². The minimum absolute atomic E-state index is 0.150. The summed E-state index contributed by atoms with van der Waals surface area (Å²) in [6.07, 6.45) is -1.00. The molecule has 0 aromatic carbocycles. The van der Waals surface area contributed by atoms with E-state index in [4.69, 9.17) is 10.2 Å². The van der Waals surface area contributed by atoms with Crippen LogP contribution in [0, 0.1) is 0 Å². The van der Waals surface area contributed by atoms with Gasteiger partial charge in [0.05, 0.1) is 29.1 Å². The van der Waals surface area contributed by atoms with E-state index in [0.29, 0.717) is 22.7 Å². The fourth-order valence-corrected chi connectivity index (χ4v) is 3.74. The third-order valence-corrected chi connectivity index (χ3v) is 5.07. The lowest BCUT2D eigenvalue weighted by Gasteiger charge is -2.12. The first kappa shape index (κ1) is 20.2.